The first-order valence-corrected chi connectivity index (χ1v) is 10.2. The zero-order chi connectivity index (χ0) is 20.6. The second kappa shape index (κ2) is 7.87. The molecule has 3 aromatic rings. The standard InChI is InChI=1S/C19H16ClF3N4OS/c20-14-10-13(19(21,22)23)11-27-16(14)24-25-18(27)29-15(12-6-2-1-3-7-12)17(28)26-8-4-5-9-26/h1-3,6-7,10-11,15H,4-5,8-9H2. The summed E-state index contributed by atoms with van der Waals surface area (Å²) in [6.45, 7) is 1.35. The number of hydrogen-bond acceptors (Lipinski definition) is 4. The van der Waals surface area contributed by atoms with Crippen LogP contribution in [0.5, 0.6) is 0 Å². The number of pyridine rings is 1. The quantitative estimate of drug-likeness (QED) is 0.544. The number of hydrogen-bond donors (Lipinski definition) is 0. The second-order valence-corrected chi connectivity index (χ2v) is 8.17. The van der Waals surface area contributed by atoms with E-state index in [1.165, 1.54) is 4.40 Å². The third kappa shape index (κ3) is 4.06. The predicted molar refractivity (Wildman–Crippen MR) is 104 cm³/mol. The van der Waals surface area contributed by atoms with Gasteiger partial charge in [-0.3, -0.25) is 9.20 Å². The van der Waals surface area contributed by atoms with E-state index in [1.807, 2.05) is 30.3 Å². The van der Waals surface area contributed by atoms with E-state index in [0.717, 1.165) is 42.4 Å². The van der Waals surface area contributed by atoms with Gasteiger partial charge in [0.2, 0.25) is 5.91 Å². The Morgan fingerprint density at radius 2 is 1.83 bits per heavy atom. The van der Waals surface area contributed by atoms with E-state index >= 15 is 0 Å². The normalized spacial score (nSPS) is 15.8. The summed E-state index contributed by atoms with van der Waals surface area (Å²) in [5, 5.41) is 7.30. The SMILES string of the molecule is O=C(C(Sc1nnc2c(Cl)cc(C(F)(F)F)cn12)c1ccccc1)N1CCCC1. The van der Waals surface area contributed by atoms with Gasteiger partial charge in [0, 0.05) is 19.3 Å². The third-order valence-electron chi connectivity index (χ3n) is 4.72. The Hall–Kier alpha value is -2.26. The number of benzene rings is 1. The third-order valence-corrected chi connectivity index (χ3v) is 6.20. The number of fused-ring (bicyclic) bond motifs is 1. The first-order chi connectivity index (χ1) is 13.8. The maximum atomic E-state index is 13.2. The van der Waals surface area contributed by atoms with Crippen molar-refractivity contribution >= 4 is 34.9 Å². The average Bonchev–Trinajstić information content (AvgIpc) is 3.36. The molecule has 10 heteroatoms. The monoisotopic (exact) mass is 440 g/mol. The summed E-state index contributed by atoms with van der Waals surface area (Å²) in [4.78, 5) is 14.9. The highest BCUT2D eigenvalue weighted by Gasteiger charge is 2.34. The van der Waals surface area contributed by atoms with E-state index in [-0.39, 0.29) is 21.7 Å². The summed E-state index contributed by atoms with van der Waals surface area (Å²) in [6, 6.07) is 9.95. The van der Waals surface area contributed by atoms with Crippen molar-refractivity contribution < 1.29 is 18.0 Å². The summed E-state index contributed by atoms with van der Waals surface area (Å²) >= 11 is 7.07. The molecule has 0 aliphatic carbocycles. The summed E-state index contributed by atoms with van der Waals surface area (Å²) in [6.07, 6.45) is -1.77. The van der Waals surface area contributed by atoms with Gasteiger partial charge < -0.3 is 4.90 Å². The number of alkyl halides is 3. The Bertz CT molecular complexity index is 1040. The topological polar surface area (TPSA) is 50.5 Å². The van der Waals surface area contributed by atoms with Gasteiger partial charge in [0.1, 0.15) is 5.25 Å². The van der Waals surface area contributed by atoms with Crippen molar-refractivity contribution in [3.8, 4) is 0 Å². The molecule has 29 heavy (non-hydrogen) atoms. The smallest absolute Gasteiger partial charge is 0.341 e. The molecule has 2 aromatic heterocycles. The molecule has 1 saturated heterocycles. The number of rotatable bonds is 4. The molecule has 1 unspecified atom stereocenters. The summed E-state index contributed by atoms with van der Waals surface area (Å²) < 4.78 is 40.8. The van der Waals surface area contributed by atoms with Crippen LogP contribution in [0.3, 0.4) is 0 Å². The molecule has 1 atom stereocenters. The van der Waals surface area contributed by atoms with Gasteiger partial charge in [0.15, 0.2) is 10.8 Å². The number of likely N-dealkylation sites (tertiary alicyclic amines) is 1. The lowest BCUT2D eigenvalue weighted by atomic mass is 10.1. The molecule has 0 bridgehead atoms. The van der Waals surface area contributed by atoms with Crippen LogP contribution in [0.25, 0.3) is 5.65 Å². The van der Waals surface area contributed by atoms with Gasteiger partial charge in [-0.2, -0.15) is 13.2 Å². The first kappa shape index (κ1) is 20.0. The van der Waals surface area contributed by atoms with Crippen LogP contribution in [0.1, 0.15) is 29.2 Å². The van der Waals surface area contributed by atoms with Gasteiger partial charge in [-0.15, -0.1) is 10.2 Å². The Balaban J connectivity index is 1.75. The van der Waals surface area contributed by atoms with E-state index in [2.05, 4.69) is 10.2 Å². The van der Waals surface area contributed by atoms with Gasteiger partial charge in [0.05, 0.1) is 10.6 Å². The maximum Gasteiger partial charge on any atom is 0.417 e. The number of carbonyl (C=O) groups excluding carboxylic acids is 1. The molecule has 1 aliphatic rings. The van der Waals surface area contributed by atoms with Crippen LogP contribution in [-0.4, -0.2) is 38.5 Å². The molecule has 0 radical (unpaired) electrons. The first-order valence-electron chi connectivity index (χ1n) is 8.96. The number of aromatic nitrogens is 3. The second-order valence-electron chi connectivity index (χ2n) is 6.69. The highest BCUT2D eigenvalue weighted by Crippen LogP contribution is 2.39. The van der Waals surface area contributed by atoms with Crippen molar-refractivity contribution in [2.45, 2.75) is 29.4 Å². The summed E-state index contributed by atoms with van der Waals surface area (Å²) in [7, 11) is 0. The van der Waals surface area contributed by atoms with Crippen molar-refractivity contribution in [1.29, 1.82) is 0 Å². The fourth-order valence-electron chi connectivity index (χ4n) is 3.27. The van der Waals surface area contributed by atoms with Crippen molar-refractivity contribution in [1.82, 2.24) is 19.5 Å². The molecule has 0 spiro atoms. The fourth-order valence-corrected chi connectivity index (χ4v) is 4.61. The molecule has 1 fully saturated rings. The molecule has 0 saturated carbocycles. The van der Waals surface area contributed by atoms with Crippen LogP contribution in [0.4, 0.5) is 13.2 Å². The van der Waals surface area contributed by atoms with Crippen LogP contribution in [0.2, 0.25) is 5.02 Å². The minimum atomic E-state index is -4.56. The number of thioether (sulfide) groups is 1. The van der Waals surface area contributed by atoms with Crippen molar-refractivity contribution in [2.24, 2.45) is 0 Å². The Morgan fingerprint density at radius 1 is 1.14 bits per heavy atom. The van der Waals surface area contributed by atoms with Gasteiger partial charge in [0.25, 0.3) is 0 Å². The average molecular weight is 441 g/mol. The highest BCUT2D eigenvalue weighted by atomic mass is 35.5. The lowest BCUT2D eigenvalue weighted by Gasteiger charge is -2.22. The van der Waals surface area contributed by atoms with Crippen LogP contribution >= 0.6 is 23.4 Å². The van der Waals surface area contributed by atoms with Crippen molar-refractivity contribution in [3.05, 3.63) is 58.7 Å². The van der Waals surface area contributed by atoms with E-state index < -0.39 is 17.0 Å². The minimum absolute atomic E-state index is 0.0893. The predicted octanol–water partition coefficient (Wildman–Crippen LogP) is 4.86. The van der Waals surface area contributed by atoms with Gasteiger partial charge in [-0.25, -0.2) is 0 Å². The molecular weight excluding hydrogens is 425 g/mol. The molecule has 1 aromatic carbocycles. The molecule has 5 nitrogen and oxygen atoms in total. The zero-order valence-corrected chi connectivity index (χ0v) is 16.6. The Morgan fingerprint density at radius 3 is 2.48 bits per heavy atom. The van der Waals surface area contributed by atoms with Crippen molar-refractivity contribution in [3.63, 3.8) is 0 Å². The van der Waals surface area contributed by atoms with E-state index in [4.69, 9.17) is 11.6 Å². The Labute approximate surface area is 173 Å². The molecular formula is C19H16ClF3N4OS. The van der Waals surface area contributed by atoms with Gasteiger partial charge in [-0.1, -0.05) is 53.7 Å². The van der Waals surface area contributed by atoms with Crippen LogP contribution < -0.4 is 0 Å². The van der Waals surface area contributed by atoms with E-state index in [1.54, 1.807) is 4.90 Å². The molecule has 1 amide bonds. The van der Waals surface area contributed by atoms with Gasteiger partial charge >= 0.3 is 6.18 Å². The van der Waals surface area contributed by atoms with Crippen LogP contribution in [0.15, 0.2) is 47.8 Å². The fraction of sp³-hybridized carbons (Fsp3) is 0.316. The minimum Gasteiger partial charge on any atom is -0.341 e. The summed E-state index contributed by atoms with van der Waals surface area (Å²) in [5.41, 5.74) is -0.0365. The number of halogens is 4. The molecule has 1 aliphatic heterocycles. The zero-order valence-electron chi connectivity index (χ0n) is 15.1. The number of amides is 1. The molecule has 152 valence electrons. The molecule has 4 rings (SSSR count). The number of nitrogens with zero attached hydrogens (tertiary/aromatic N) is 4. The van der Waals surface area contributed by atoms with E-state index in [0.29, 0.717) is 13.1 Å². The highest BCUT2D eigenvalue weighted by molar-refractivity contribution is 8.00. The van der Waals surface area contributed by atoms with Crippen LogP contribution in [0, 0.1) is 0 Å². The maximum absolute atomic E-state index is 13.2. The van der Waals surface area contributed by atoms with Crippen LogP contribution in [-0.2, 0) is 11.0 Å². The van der Waals surface area contributed by atoms with Gasteiger partial charge in [-0.05, 0) is 24.5 Å². The van der Waals surface area contributed by atoms with Crippen molar-refractivity contribution in [2.75, 3.05) is 13.1 Å². The number of carbonyl (C=O) groups is 1. The lowest BCUT2D eigenvalue weighted by Crippen LogP contribution is -2.31. The molecule has 3 heterocycles. The molecule has 0 N–H and O–H groups in total. The largest absolute Gasteiger partial charge is 0.417 e. The Kier molecular flexibility index (Phi) is 5.44. The lowest BCUT2D eigenvalue weighted by molar-refractivity contribution is -0.138. The summed E-state index contributed by atoms with van der Waals surface area (Å²) in [5.74, 6) is -0.0893. The van der Waals surface area contributed by atoms with E-state index in [9.17, 15) is 18.0 Å².